The number of rotatable bonds is 14. The van der Waals surface area contributed by atoms with Crippen molar-refractivity contribution in [2.75, 3.05) is 64.4 Å². The number of carbonyl (C=O) groups is 2. The standard InChI is InChI=1S/C29H41N5O5/c35-28(36)26(32-29(37)34-18-20-38-21-19-34)13-16-33(17-22-39-25-9-2-1-3-10-25)15-5-4-8-24-12-11-23-7-6-14-30-27(23)31-24/h1-3,9-12,26H,4-8,13-22H2,(H,30,31)(H,32,37)(H,35,36). The number of carboxylic acids is 1. The van der Waals surface area contributed by atoms with Crippen LogP contribution in [0.4, 0.5) is 10.6 Å². The number of hydrogen-bond donors (Lipinski definition) is 3. The van der Waals surface area contributed by atoms with Gasteiger partial charge < -0.3 is 30.1 Å². The van der Waals surface area contributed by atoms with Crippen molar-refractivity contribution in [1.82, 2.24) is 20.1 Å². The second kappa shape index (κ2) is 15.3. The van der Waals surface area contributed by atoms with Crippen molar-refractivity contribution in [1.29, 1.82) is 0 Å². The van der Waals surface area contributed by atoms with Crippen LogP contribution in [0.1, 0.15) is 36.9 Å². The number of carbonyl (C=O) groups excluding carboxylic acids is 1. The number of aromatic nitrogens is 1. The first-order valence-corrected chi connectivity index (χ1v) is 14.1. The molecular weight excluding hydrogens is 498 g/mol. The van der Waals surface area contributed by atoms with Crippen LogP contribution in [-0.4, -0.2) is 97.0 Å². The summed E-state index contributed by atoms with van der Waals surface area (Å²) < 4.78 is 11.2. The zero-order chi connectivity index (χ0) is 27.3. The van der Waals surface area contributed by atoms with Crippen molar-refractivity contribution in [2.45, 2.75) is 44.6 Å². The van der Waals surface area contributed by atoms with Gasteiger partial charge in [0.05, 0.1) is 13.2 Å². The van der Waals surface area contributed by atoms with Gasteiger partial charge in [0.15, 0.2) is 0 Å². The summed E-state index contributed by atoms with van der Waals surface area (Å²) in [6, 6.07) is 12.7. The minimum absolute atomic E-state index is 0.314. The molecule has 10 heteroatoms. The van der Waals surface area contributed by atoms with Gasteiger partial charge in [-0.05, 0) is 68.8 Å². The summed E-state index contributed by atoms with van der Waals surface area (Å²) in [7, 11) is 0. The van der Waals surface area contributed by atoms with Gasteiger partial charge in [-0.15, -0.1) is 0 Å². The van der Waals surface area contributed by atoms with Crippen LogP contribution in [0.5, 0.6) is 5.75 Å². The van der Waals surface area contributed by atoms with Gasteiger partial charge in [-0.3, -0.25) is 4.90 Å². The van der Waals surface area contributed by atoms with Gasteiger partial charge in [0.2, 0.25) is 0 Å². The number of ether oxygens (including phenoxy) is 2. The lowest BCUT2D eigenvalue weighted by Crippen LogP contribution is -2.52. The van der Waals surface area contributed by atoms with E-state index in [4.69, 9.17) is 14.5 Å². The molecule has 2 aliphatic heterocycles. The molecule has 212 valence electrons. The molecule has 3 N–H and O–H groups in total. The molecule has 1 fully saturated rings. The van der Waals surface area contributed by atoms with Crippen LogP contribution in [0, 0.1) is 0 Å². The van der Waals surface area contributed by atoms with Crippen molar-refractivity contribution in [3.05, 3.63) is 53.7 Å². The predicted molar refractivity (Wildman–Crippen MR) is 149 cm³/mol. The summed E-state index contributed by atoms with van der Waals surface area (Å²) in [5.74, 6) is 0.812. The Kier molecular flexibility index (Phi) is 11.2. The molecule has 0 saturated carbocycles. The molecular formula is C29H41N5O5. The maximum Gasteiger partial charge on any atom is 0.326 e. The summed E-state index contributed by atoms with van der Waals surface area (Å²) in [6.45, 7) is 5.38. The number of nitrogens with zero attached hydrogens (tertiary/aromatic N) is 3. The first-order chi connectivity index (χ1) is 19.1. The predicted octanol–water partition coefficient (Wildman–Crippen LogP) is 3.03. The lowest BCUT2D eigenvalue weighted by Gasteiger charge is -2.29. The van der Waals surface area contributed by atoms with Crippen LogP contribution >= 0.6 is 0 Å². The number of unbranched alkanes of at least 4 members (excludes halogenated alkanes) is 1. The fraction of sp³-hybridized carbons (Fsp3) is 0.552. The first-order valence-electron chi connectivity index (χ1n) is 14.1. The summed E-state index contributed by atoms with van der Waals surface area (Å²) in [4.78, 5) is 33.1. The van der Waals surface area contributed by atoms with E-state index in [-0.39, 0.29) is 6.03 Å². The third-order valence-electron chi connectivity index (χ3n) is 7.16. The van der Waals surface area contributed by atoms with Crippen LogP contribution in [0.2, 0.25) is 0 Å². The molecule has 0 radical (unpaired) electrons. The molecule has 3 heterocycles. The highest BCUT2D eigenvalue weighted by atomic mass is 16.5. The number of benzene rings is 1. The lowest BCUT2D eigenvalue weighted by atomic mass is 10.1. The highest BCUT2D eigenvalue weighted by molar-refractivity contribution is 5.82. The molecule has 1 saturated heterocycles. The van der Waals surface area contributed by atoms with Crippen molar-refractivity contribution in [3.63, 3.8) is 0 Å². The highest BCUT2D eigenvalue weighted by Crippen LogP contribution is 2.20. The second-order valence-corrected chi connectivity index (χ2v) is 10.0. The van der Waals surface area contributed by atoms with Gasteiger partial charge in [-0.2, -0.15) is 0 Å². The van der Waals surface area contributed by atoms with Crippen LogP contribution in [0.25, 0.3) is 0 Å². The molecule has 4 rings (SSSR count). The SMILES string of the molecule is O=C(O)C(CCN(CCCCc1ccc2c(n1)NCCC2)CCOc1ccccc1)NC(=O)N1CCOCC1. The highest BCUT2D eigenvalue weighted by Gasteiger charge is 2.25. The number of morpholine rings is 1. The van der Waals surface area contributed by atoms with Gasteiger partial charge >= 0.3 is 12.0 Å². The smallest absolute Gasteiger partial charge is 0.326 e. The molecule has 10 nitrogen and oxygen atoms in total. The molecule has 1 unspecified atom stereocenters. The van der Waals surface area contributed by atoms with Crippen molar-refractivity contribution >= 4 is 17.8 Å². The summed E-state index contributed by atoms with van der Waals surface area (Å²) in [5.41, 5.74) is 2.39. The van der Waals surface area contributed by atoms with Crippen LogP contribution in [0.3, 0.4) is 0 Å². The Morgan fingerprint density at radius 2 is 1.92 bits per heavy atom. The average molecular weight is 540 g/mol. The topological polar surface area (TPSA) is 116 Å². The van der Waals surface area contributed by atoms with E-state index in [0.29, 0.717) is 52.4 Å². The molecule has 2 aliphatic rings. The number of hydrogen-bond acceptors (Lipinski definition) is 7. The fourth-order valence-corrected chi connectivity index (χ4v) is 4.87. The van der Waals surface area contributed by atoms with Crippen LogP contribution in [0.15, 0.2) is 42.5 Å². The molecule has 2 aromatic rings. The van der Waals surface area contributed by atoms with E-state index in [2.05, 4.69) is 27.7 Å². The number of anilines is 1. The van der Waals surface area contributed by atoms with E-state index < -0.39 is 12.0 Å². The number of nitrogens with one attached hydrogen (secondary N) is 2. The fourth-order valence-electron chi connectivity index (χ4n) is 4.87. The average Bonchev–Trinajstić information content (AvgIpc) is 2.97. The number of carboxylic acid groups (broad SMARTS) is 1. The Labute approximate surface area is 230 Å². The number of urea groups is 1. The Morgan fingerprint density at radius 1 is 1.10 bits per heavy atom. The Morgan fingerprint density at radius 3 is 2.72 bits per heavy atom. The van der Waals surface area contributed by atoms with Gasteiger partial charge in [0.1, 0.15) is 24.2 Å². The number of aliphatic carboxylic acids is 1. The minimum Gasteiger partial charge on any atom is -0.492 e. The van der Waals surface area contributed by atoms with E-state index in [1.54, 1.807) is 4.90 Å². The number of aryl methyl sites for hydroxylation is 2. The Hall–Kier alpha value is -3.37. The quantitative estimate of drug-likeness (QED) is 0.314. The number of pyridine rings is 1. The third-order valence-corrected chi connectivity index (χ3v) is 7.16. The zero-order valence-corrected chi connectivity index (χ0v) is 22.6. The first kappa shape index (κ1) is 28.6. The minimum atomic E-state index is -1.02. The molecule has 0 spiro atoms. The van der Waals surface area contributed by atoms with Crippen molar-refractivity contribution < 1.29 is 24.2 Å². The van der Waals surface area contributed by atoms with E-state index in [1.807, 2.05) is 30.3 Å². The maximum absolute atomic E-state index is 12.6. The van der Waals surface area contributed by atoms with Crippen molar-refractivity contribution in [2.24, 2.45) is 0 Å². The van der Waals surface area contributed by atoms with E-state index in [1.165, 1.54) is 5.56 Å². The molecule has 39 heavy (non-hydrogen) atoms. The molecule has 1 atom stereocenters. The number of amides is 2. The summed E-state index contributed by atoms with van der Waals surface area (Å²) >= 11 is 0. The summed E-state index contributed by atoms with van der Waals surface area (Å²) in [6.07, 6.45) is 5.39. The zero-order valence-electron chi connectivity index (χ0n) is 22.6. The van der Waals surface area contributed by atoms with Gasteiger partial charge in [-0.1, -0.05) is 24.3 Å². The Bertz CT molecular complexity index is 1050. The van der Waals surface area contributed by atoms with E-state index >= 15 is 0 Å². The maximum atomic E-state index is 12.6. The number of fused-ring (bicyclic) bond motifs is 1. The third kappa shape index (κ3) is 9.40. The Balaban J connectivity index is 1.27. The van der Waals surface area contributed by atoms with Crippen LogP contribution in [-0.2, 0) is 22.4 Å². The monoisotopic (exact) mass is 539 g/mol. The molecule has 0 aliphatic carbocycles. The molecule has 1 aromatic heterocycles. The molecule has 1 aromatic carbocycles. The van der Waals surface area contributed by atoms with Crippen molar-refractivity contribution in [3.8, 4) is 5.75 Å². The molecule has 0 bridgehead atoms. The normalized spacial score (nSPS) is 15.8. The van der Waals surface area contributed by atoms with Gasteiger partial charge in [-0.25, -0.2) is 14.6 Å². The van der Waals surface area contributed by atoms with Gasteiger partial charge in [0.25, 0.3) is 0 Å². The van der Waals surface area contributed by atoms with Gasteiger partial charge in [0, 0.05) is 38.4 Å². The second-order valence-electron chi connectivity index (χ2n) is 10.0. The van der Waals surface area contributed by atoms with E-state index in [0.717, 1.165) is 62.5 Å². The lowest BCUT2D eigenvalue weighted by molar-refractivity contribution is -0.139. The molecule has 2 amide bonds. The summed E-state index contributed by atoms with van der Waals surface area (Å²) in [5, 5.41) is 15.9. The van der Waals surface area contributed by atoms with Crippen LogP contribution < -0.4 is 15.4 Å². The van der Waals surface area contributed by atoms with E-state index in [9.17, 15) is 14.7 Å². The largest absolute Gasteiger partial charge is 0.492 e. The number of para-hydroxylation sites is 1.